The smallest absolute Gasteiger partial charge is 0.431 e. The molecule has 3 aromatic rings. The van der Waals surface area contributed by atoms with Gasteiger partial charge in [-0.3, -0.25) is 4.72 Å². The first kappa shape index (κ1) is 26.6. The molecular formula is C21H21F6N3O4S. The molecule has 1 unspecified atom stereocenters. The van der Waals surface area contributed by atoms with Crippen LogP contribution in [0.15, 0.2) is 42.5 Å². The zero-order valence-corrected chi connectivity index (χ0v) is 18.9. The summed E-state index contributed by atoms with van der Waals surface area (Å²) in [6.07, 6.45) is -10.4. The van der Waals surface area contributed by atoms with Gasteiger partial charge in [0.1, 0.15) is 18.1 Å². The van der Waals surface area contributed by atoms with Crippen molar-refractivity contribution in [3.8, 4) is 5.75 Å². The number of fused-ring (bicyclic) bond motifs is 1. The third-order valence-corrected chi connectivity index (χ3v) is 5.40. The van der Waals surface area contributed by atoms with Crippen molar-refractivity contribution in [1.29, 1.82) is 0 Å². The van der Waals surface area contributed by atoms with Crippen LogP contribution in [0.3, 0.4) is 0 Å². The van der Waals surface area contributed by atoms with E-state index in [4.69, 9.17) is 4.74 Å². The topological polar surface area (TPSA) is 103 Å². The molecule has 14 heteroatoms. The van der Waals surface area contributed by atoms with Crippen molar-refractivity contribution in [1.82, 2.24) is 10.3 Å². The number of aliphatic hydroxyl groups is 1. The molecule has 0 fully saturated rings. The van der Waals surface area contributed by atoms with Crippen molar-refractivity contribution in [2.45, 2.75) is 18.5 Å². The molecule has 0 aliphatic carbocycles. The van der Waals surface area contributed by atoms with E-state index in [1.807, 2.05) is 0 Å². The largest absolute Gasteiger partial charge is 0.492 e. The van der Waals surface area contributed by atoms with E-state index in [2.05, 4.69) is 10.0 Å². The Morgan fingerprint density at radius 3 is 2.40 bits per heavy atom. The minimum absolute atomic E-state index is 0.00681. The summed E-state index contributed by atoms with van der Waals surface area (Å²) >= 11 is 0. The second-order valence-corrected chi connectivity index (χ2v) is 9.39. The molecule has 0 saturated heterocycles. The fraction of sp³-hybridized carbons (Fsp3) is 0.333. The minimum Gasteiger partial charge on any atom is -0.492 e. The number of ether oxygens (including phenoxy) is 1. The molecule has 0 aliphatic heterocycles. The zero-order valence-electron chi connectivity index (χ0n) is 18.1. The number of hydrogen-bond acceptors (Lipinski definition) is 5. The predicted octanol–water partition coefficient (Wildman–Crippen LogP) is 4.28. The van der Waals surface area contributed by atoms with E-state index in [1.165, 1.54) is 12.1 Å². The number of benzene rings is 2. The fourth-order valence-electron chi connectivity index (χ4n) is 3.39. The number of aromatic amines is 1. The molecule has 0 radical (unpaired) electrons. The molecule has 35 heavy (non-hydrogen) atoms. The van der Waals surface area contributed by atoms with Crippen molar-refractivity contribution in [2.24, 2.45) is 0 Å². The molecule has 2 aromatic carbocycles. The van der Waals surface area contributed by atoms with Crippen LogP contribution in [0.4, 0.5) is 32.0 Å². The molecule has 3 rings (SSSR count). The monoisotopic (exact) mass is 525 g/mol. The lowest BCUT2D eigenvalue weighted by Crippen LogP contribution is -2.26. The predicted molar refractivity (Wildman–Crippen MR) is 117 cm³/mol. The summed E-state index contributed by atoms with van der Waals surface area (Å²) < 4.78 is 109. The van der Waals surface area contributed by atoms with E-state index in [1.54, 1.807) is 17.1 Å². The van der Waals surface area contributed by atoms with Crippen LogP contribution >= 0.6 is 0 Å². The van der Waals surface area contributed by atoms with Gasteiger partial charge < -0.3 is 20.1 Å². The van der Waals surface area contributed by atoms with Gasteiger partial charge in [-0.25, -0.2) is 8.42 Å². The quantitative estimate of drug-likeness (QED) is 0.247. The van der Waals surface area contributed by atoms with Gasteiger partial charge in [-0.05, 0) is 29.8 Å². The van der Waals surface area contributed by atoms with Gasteiger partial charge in [0.2, 0.25) is 10.0 Å². The standard InChI is InChI=1S/C21H21F6N3O4S/c1-35(32,33)30-13-4-2-3-12(9-13)17(31)11-28-7-8-34-14-5-6-15-16(10-14)29-19(21(25,26)27)18(15)20(22,23)24/h2-6,9-10,17,28-31H,7-8,11H2,1H3. The maximum atomic E-state index is 13.2. The van der Waals surface area contributed by atoms with Gasteiger partial charge in [0.05, 0.1) is 23.4 Å². The molecule has 1 aromatic heterocycles. The molecular weight excluding hydrogens is 504 g/mol. The number of rotatable bonds is 9. The third kappa shape index (κ3) is 7.02. The Balaban J connectivity index is 1.58. The first-order chi connectivity index (χ1) is 16.1. The van der Waals surface area contributed by atoms with Crippen molar-refractivity contribution in [3.05, 3.63) is 59.3 Å². The van der Waals surface area contributed by atoms with Crippen LogP contribution in [-0.4, -0.2) is 44.5 Å². The molecule has 0 saturated carbocycles. The van der Waals surface area contributed by atoms with Gasteiger partial charge in [-0.15, -0.1) is 0 Å². The summed E-state index contributed by atoms with van der Waals surface area (Å²) in [5, 5.41) is 12.5. The second-order valence-electron chi connectivity index (χ2n) is 7.65. The normalized spacial score (nSPS) is 13.7. The molecule has 0 bridgehead atoms. The molecule has 1 heterocycles. The van der Waals surface area contributed by atoms with Crippen LogP contribution in [0, 0.1) is 0 Å². The summed E-state index contributed by atoms with van der Waals surface area (Å²) in [6.45, 7) is 0.279. The van der Waals surface area contributed by atoms with Crippen LogP contribution in [0.5, 0.6) is 5.75 Å². The SMILES string of the molecule is CS(=O)(=O)Nc1cccc(C(O)CNCCOc2ccc3c(C(F)(F)F)c(C(F)(F)F)[nH]c3c2)c1. The van der Waals surface area contributed by atoms with E-state index in [0.717, 1.165) is 24.5 Å². The molecule has 0 spiro atoms. The highest BCUT2D eigenvalue weighted by Gasteiger charge is 2.46. The van der Waals surface area contributed by atoms with Crippen LogP contribution in [-0.2, 0) is 22.4 Å². The fourth-order valence-corrected chi connectivity index (χ4v) is 3.95. The number of alkyl halides is 6. The lowest BCUT2D eigenvalue weighted by Gasteiger charge is -2.14. The van der Waals surface area contributed by atoms with E-state index in [9.17, 15) is 39.9 Å². The molecule has 192 valence electrons. The maximum absolute atomic E-state index is 13.2. The van der Waals surface area contributed by atoms with Crippen molar-refractivity contribution < 1.29 is 44.6 Å². The zero-order chi connectivity index (χ0) is 26.0. The third-order valence-electron chi connectivity index (χ3n) is 4.80. The van der Waals surface area contributed by atoms with Gasteiger partial charge in [-0.2, -0.15) is 26.3 Å². The Morgan fingerprint density at radius 1 is 1.06 bits per heavy atom. The van der Waals surface area contributed by atoms with Crippen LogP contribution in [0.1, 0.15) is 22.9 Å². The lowest BCUT2D eigenvalue weighted by molar-refractivity contribution is -0.163. The first-order valence-corrected chi connectivity index (χ1v) is 11.9. The molecule has 0 aliphatic rings. The van der Waals surface area contributed by atoms with Crippen LogP contribution < -0.4 is 14.8 Å². The molecule has 4 N–H and O–H groups in total. The maximum Gasteiger partial charge on any atom is 0.431 e. The number of nitrogens with one attached hydrogen (secondary N) is 3. The molecule has 0 amide bonds. The number of H-pyrrole nitrogens is 1. The van der Waals surface area contributed by atoms with Gasteiger partial charge in [0, 0.05) is 30.2 Å². The number of sulfonamides is 1. The highest BCUT2D eigenvalue weighted by atomic mass is 32.2. The second kappa shape index (κ2) is 9.95. The van der Waals surface area contributed by atoms with Gasteiger partial charge in [-0.1, -0.05) is 12.1 Å². The number of halogens is 6. The first-order valence-electron chi connectivity index (χ1n) is 10.0. The van der Waals surface area contributed by atoms with E-state index < -0.39 is 45.1 Å². The van der Waals surface area contributed by atoms with Crippen molar-refractivity contribution in [3.63, 3.8) is 0 Å². The highest BCUT2D eigenvalue weighted by Crippen LogP contribution is 2.44. The van der Waals surface area contributed by atoms with Crippen molar-refractivity contribution in [2.75, 3.05) is 30.7 Å². The highest BCUT2D eigenvalue weighted by molar-refractivity contribution is 7.92. The number of hydrogen-bond donors (Lipinski definition) is 4. The van der Waals surface area contributed by atoms with E-state index in [0.29, 0.717) is 5.56 Å². The Morgan fingerprint density at radius 2 is 1.77 bits per heavy atom. The number of anilines is 1. The van der Waals surface area contributed by atoms with Crippen molar-refractivity contribution >= 4 is 26.6 Å². The van der Waals surface area contributed by atoms with E-state index in [-0.39, 0.29) is 36.6 Å². The summed E-state index contributed by atoms with van der Waals surface area (Å²) in [6, 6.07) is 9.27. The molecule has 1 atom stereocenters. The average Bonchev–Trinajstić information content (AvgIpc) is 3.12. The Hall–Kier alpha value is -2.97. The Kier molecular flexibility index (Phi) is 7.57. The van der Waals surface area contributed by atoms with Gasteiger partial charge >= 0.3 is 12.4 Å². The van der Waals surface area contributed by atoms with E-state index >= 15 is 0 Å². The van der Waals surface area contributed by atoms with Gasteiger partial charge in [0.15, 0.2) is 0 Å². The minimum atomic E-state index is -5.21. The summed E-state index contributed by atoms with van der Waals surface area (Å²) in [5.74, 6) is 0.0584. The summed E-state index contributed by atoms with van der Waals surface area (Å²) in [4.78, 5) is 1.79. The number of aromatic nitrogens is 1. The Labute approximate surface area is 196 Å². The van der Waals surface area contributed by atoms with Gasteiger partial charge in [0.25, 0.3) is 0 Å². The lowest BCUT2D eigenvalue weighted by atomic mass is 10.1. The average molecular weight is 525 g/mol. The summed E-state index contributed by atoms with van der Waals surface area (Å²) in [7, 11) is -3.48. The summed E-state index contributed by atoms with van der Waals surface area (Å²) in [5.41, 5.74) is -3.28. The molecule has 7 nitrogen and oxygen atoms in total. The van der Waals surface area contributed by atoms with Crippen LogP contribution in [0.25, 0.3) is 10.9 Å². The van der Waals surface area contributed by atoms with Crippen LogP contribution in [0.2, 0.25) is 0 Å². The Bertz CT molecular complexity index is 1290. The number of aliphatic hydroxyl groups excluding tert-OH is 1.